The molecule has 0 aliphatic heterocycles. The fraction of sp³-hybridized carbons (Fsp3) is 0.174. The number of allylic oxidation sites excluding steroid dienone is 2. The smallest absolute Gasteiger partial charge is 0.159 e. The van der Waals surface area contributed by atoms with Gasteiger partial charge in [0.2, 0.25) is 0 Å². The molecule has 27 heavy (non-hydrogen) atoms. The minimum atomic E-state index is 0.800. The van der Waals surface area contributed by atoms with Crippen LogP contribution in [0.4, 0.5) is 0 Å². The van der Waals surface area contributed by atoms with E-state index < -0.39 is 0 Å². The van der Waals surface area contributed by atoms with Crippen molar-refractivity contribution in [2.24, 2.45) is 0 Å². The van der Waals surface area contributed by atoms with Gasteiger partial charge in [-0.3, -0.25) is 0 Å². The average Bonchev–Trinajstić information content (AvgIpc) is 3.01. The van der Waals surface area contributed by atoms with Crippen molar-refractivity contribution in [1.29, 1.82) is 0 Å². The van der Waals surface area contributed by atoms with Gasteiger partial charge >= 0.3 is 0 Å². The van der Waals surface area contributed by atoms with Crippen LogP contribution in [0.15, 0.2) is 61.5 Å². The summed E-state index contributed by atoms with van der Waals surface area (Å²) in [6.07, 6.45) is 11.4. The fourth-order valence-corrected chi connectivity index (χ4v) is 3.37. The minimum absolute atomic E-state index is 0.800. The number of fused-ring (bicyclic) bond motifs is 2. The lowest BCUT2D eigenvalue weighted by Gasteiger charge is -2.04. The van der Waals surface area contributed by atoms with Gasteiger partial charge in [-0.1, -0.05) is 24.8 Å². The Labute approximate surface area is 158 Å². The zero-order chi connectivity index (χ0) is 18.8. The number of rotatable bonds is 5. The highest BCUT2D eigenvalue weighted by atomic mass is 15.0. The monoisotopic (exact) mass is 354 g/mol. The summed E-state index contributed by atoms with van der Waals surface area (Å²) in [5.41, 5.74) is 7.47. The molecule has 4 aromatic rings. The third-order valence-corrected chi connectivity index (χ3v) is 4.93. The number of pyridine rings is 3. The Morgan fingerprint density at radius 1 is 1.07 bits per heavy atom. The van der Waals surface area contributed by atoms with Crippen molar-refractivity contribution in [2.45, 2.75) is 26.7 Å². The molecule has 4 heteroatoms. The lowest BCUT2D eigenvalue weighted by molar-refractivity contribution is 0.882. The summed E-state index contributed by atoms with van der Waals surface area (Å²) in [5, 5.41) is 1.07. The van der Waals surface area contributed by atoms with E-state index in [0.29, 0.717) is 0 Å². The normalized spacial score (nSPS) is 11.6. The highest BCUT2D eigenvalue weighted by Gasteiger charge is 2.12. The lowest BCUT2D eigenvalue weighted by Crippen LogP contribution is -1.98. The van der Waals surface area contributed by atoms with E-state index in [0.717, 1.165) is 46.5 Å². The molecule has 134 valence electrons. The van der Waals surface area contributed by atoms with Crippen LogP contribution >= 0.6 is 0 Å². The van der Waals surface area contributed by atoms with Gasteiger partial charge in [-0.05, 0) is 62.6 Å². The van der Waals surface area contributed by atoms with E-state index in [2.05, 4.69) is 65.3 Å². The molecule has 0 radical (unpaired) electrons. The summed E-state index contributed by atoms with van der Waals surface area (Å²) in [5.74, 6) is 0. The van der Waals surface area contributed by atoms with E-state index >= 15 is 0 Å². The van der Waals surface area contributed by atoms with Crippen LogP contribution in [0.25, 0.3) is 22.8 Å². The summed E-state index contributed by atoms with van der Waals surface area (Å²) in [4.78, 5) is 14.0. The molecule has 0 atom stereocenters. The number of nitrogens with zero attached hydrogens (tertiary/aromatic N) is 4. The van der Waals surface area contributed by atoms with Crippen molar-refractivity contribution in [2.75, 3.05) is 0 Å². The first-order valence-electron chi connectivity index (χ1n) is 9.14. The molecule has 0 amide bonds. The Balaban J connectivity index is 1.66. The molecule has 0 saturated heterocycles. The van der Waals surface area contributed by atoms with Crippen molar-refractivity contribution >= 4 is 22.8 Å². The highest BCUT2D eigenvalue weighted by Crippen LogP contribution is 2.21. The van der Waals surface area contributed by atoms with E-state index in [-0.39, 0.29) is 0 Å². The van der Waals surface area contributed by atoms with E-state index in [1.807, 2.05) is 18.2 Å². The average molecular weight is 354 g/mol. The van der Waals surface area contributed by atoms with Crippen molar-refractivity contribution in [3.8, 4) is 0 Å². The molecule has 0 aliphatic rings. The van der Waals surface area contributed by atoms with Gasteiger partial charge in [0.15, 0.2) is 5.65 Å². The van der Waals surface area contributed by atoms with Crippen LogP contribution in [-0.2, 0) is 12.8 Å². The third kappa shape index (κ3) is 3.26. The second-order valence-electron chi connectivity index (χ2n) is 6.70. The topological polar surface area (TPSA) is 43.1 Å². The van der Waals surface area contributed by atoms with Crippen LogP contribution < -0.4 is 0 Å². The van der Waals surface area contributed by atoms with E-state index in [9.17, 15) is 0 Å². The Morgan fingerprint density at radius 2 is 1.96 bits per heavy atom. The zero-order valence-electron chi connectivity index (χ0n) is 15.7. The molecule has 0 aliphatic carbocycles. The zero-order valence-corrected chi connectivity index (χ0v) is 15.7. The molecule has 4 rings (SSSR count). The highest BCUT2D eigenvalue weighted by molar-refractivity contribution is 5.74. The van der Waals surface area contributed by atoms with Crippen molar-refractivity contribution in [1.82, 2.24) is 19.4 Å². The Morgan fingerprint density at radius 3 is 2.81 bits per heavy atom. The van der Waals surface area contributed by atoms with Gasteiger partial charge in [-0.15, -0.1) is 0 Å². The van der Waals surface area contributed by atoms with Crippen LogP contribution in [0.3, 0.4) is 0 Å². The van der Waals surface area contributed by atoms with Crippen LogP contribution in [0.1, 0.15) is 28.2 Å². The first-order chi connectivity index (χ1) is 13.2. The predicted molar refractivity (Wildman–Crippen MR) is 111 cm³/mol. The van der Waals surface area contributed by atoms with Gasteiger partial charge < -0.3 is 4.40 Å². The van der Waals surface area contributed by atoms with E-state index in [1.54, 1.807) is 12.3 Å². The van der Waals surface area contributed by atoms with Crippen LogP contribution in [0.2, 0.25) is 0 Å². The van der Waals surface area contributed by atoms with Gasteiger partial charge in [0.05, 0.1) is 5.69 Å². The van der Waals surface area contributed by atoms with Gasteiger partial charge in [0.1, 0.15) is 5.65 Å². The molecule has 0 spiro atoms. The number of hydrogen-bond acceptors (Lipinski definition) is 3. The maximum Gasteiger partial charge on any atom is 0.159 e. The number of imidazole rings is 1. The standard InChI is InChI=1S/C23H22N4/c1-4-5-8-20-16(2)13-15-27-17(3)21(26-23(20)27)12-11-19-10-9-18-7-6-14-24-22(18)25-19/h4-10,13-15H,1,11-12H2,2-3H3/b8-5-. The second-order valence-corrected chi connectivity index (χ2v) is 6.70. The quantitative estimate of drug-likeness (QED) is 0.480. The summed E-state index contributed by atoms with van der Waals surface area (Å²) in [6, 6.07) is 10.3. The largest absolute Gasteiger partial charge is 0.304 e. The molecule has 4 nitrogen and oxygen atoms in total. The SMILES string of the molecule is C=C/C=C\c1c(C)ccn2c(C)c(CCc3ccc4cccnc4n3)nc12. The van der Waals surface area contributed by atoms with Crippen molar-refractivity contribution in [3.05, 3.63) is 89.7 Å². The molecule has 0 unspecified atom stereocenters. The van der Waals surface area contributed by atoms with Gasteiger partial charge in [-0.2, -0.15) is 0 Å². The third-order valence-electron chi connectivity index (χ3n) is 4.93. The molecule has 0 N–H and O–H groups in total. The second kappa shape index (κ2) is 7.16. The molecule has 0 aromatic carbocycles. The number of aryl methyl sites for hydroxylation is 4. The minimum Gasteiger partial charge on any atom is -0.304 e. The molecule has 0 bridgehead atoms. The van der Waals surface area contributed by atoms with Gasteiger partial charge in [0, 0.05) is 34.7 Å². The van der Waals surface area contributed by atoms with Crippen molar-refractivity contribution in [3.63, 3.8) is 0 Å². The van der Waals surface area contributed by atoms with Gasteiger partial charge in [0.25, 0.3) is 0 Å². The predicted octanol–water partition coefficient (Wildman–Crippen LogP) is 4.88. The van der Waals surface area contributed by atoms with Gasteiger partial charge in [-0.25, -0.2) is 15.0 Å². The molecule has 4 heterocycles. The fourth-order valence-electron chi connectivity index (χ4n) is 3.37. The molecular formula is C23H22N4. The van der Waals surface area contributed by atoms with Crippen molar-refractivity contribution < 1.29 is 0 Å². The maximum atomic E-state index is 4.94. The van der Waals surface area contributed by atoms with E-state index in [4.69, 9.17) is 4.98 Å². The van der Waals surface area contributed by atoms with Crippen LogP contribution in [-0.4, -0.2) is 19.4 Å². The Bertz CT molecular complexity index is 1170. The summed E-state index contributed by atoms with van der Waals surface area (Å²) in [7, 11) is 0. The lowest BCUT2D eigenvalue weighted by atomic mass is 10.1. The molecule has 4 aromatic heterocycles. The first-order valence-corrected chi connectivity index (χ1v) is 9.14. The van der Waals surface area contributed by atoms with Crippen LogP contribution in [0, 0.1) is 13.8 Å². The Kier molecular flexibility index (Phi) is 4.55. The van der Waals surface area contributed by atoms with Crippen LogP contribution in [0.5, 0.6) is 0 Å². The summed E-state index contributed by atoms with van der Waals surface area (Å²) >= 11 is 0. The molecule has 0 fully saturated rings. The number of hydrogen-bond donors (Lipinski definition) is 0. The maximum absolute atomic E-state index is 4.94. The summed E-state index contributed by atoms with van der Waals surface area (Å²) < 4.78 is 2.17. The van der Waals surface area contributed by atoms with E-state index in [1.165, 1.54) is 11.3 Å². The molecular weight excluding hydrogens is 332 g/mol. The Hall–Kier alpha value is -3.27. The molecule has 0 saturated carbocycles. The number of aromatic nitrogens is 4. The summed E-state index contributed by atoms with van der Waals surface area (Å²) in [6.45, 7) is 8.00. The first kappa shape index (κ1) is 17.2.